The number of aromatic amines is 1. The first-order valence-corrected chi connectivity index (χ1v) is 11.0. The number of aryl methyl sites for hydroxylation is 1. The summed E-state index contributed by atoms with van der Waals surface area (Å²) in [7, 11) is 0. The number of carbonyl (C=O) groups is 1. The molecular formula is C26H21F3N4O2. The van der Waals surface area contributed by atoms with Gasteiger partial charge in [0.2, 0.25) is 0 Å². The van der Waals surface area contributed by atoms with Crippen molar-refractivity contribution in [2.24, 2.45) is 0 Å². The number of rotatable bonds is 5. The number of hydrogen-bond acceptors (Lipinski definition) is 4. The summed E-state index contributed by atoms with van der Waals surface area (Å²) in [6.45, 7) is 2.47. The molecule has 1 aromatic heterocycles. The number of hydrogen-bond donors (Lipinski definition) is 1. The van der Waals surface area contributed by atoms with Crippen LogP contribution in [0.3, 0.4) is 0 Å². The van der Waals surface area contributed by atoms with E-state index in [0.717, 1.165) is 16.7 Å². The van der Waals surface area contributed by atoms with Gasteiger partial charge in [-0.15, -0.1) is 13.2 Å². The maximum atomic E-state index is 13.6. The van der Waals surface area contributed by atoms with Crippen LogP contribution in [0.1, 0.15) is 34.2 Å². The minimum Gasteiger partial charge on any atom is -0.405 e. The van der Waals surface area contributed by atoms with E-state index >= 15 is 0 Å². The molecule has 1 saturated heterocycles. The SMILES string of the molecule is Cc1ccc(-c2ccccc2)c(C(=O)N2CCC2c2nc(-c3ccccc3OC(F)(F)F)n[nH]2)c1. The van der Waals surface area contributed by atoms with Crippen LogP contribution in [-0.2, 0) is 0 Å². The van der Waals surface area contributed by atoms with Crippen molar-refractivity contribution >= 4 is 5.91 Å². The fourth-order valence-corrected chi connectivity index (χ4v) is 4.18. The molecule has 4 aromatic rings. The highest BCUT2D eigenvalue weighted by atomic mass is 19.4. The van der Waals surface area contributed by atoms with Gasteiger partial charge in [0.25, 0.3) is 5.91 Å². The second kappa shape index (κ2) is 8.90. The summed E-state index contributed by atoms with van der Waals surface area (Å²) in [5.41, 5.74) is 3.44. The van der Waals surface area contributed by atoms with Gasteiger partial charge in [0, 0.05) is 12.1 Å². The maximum Gasteiger partial charge on any atom is 0.573 e. The zero-order chi connectivity index (χ0) is 24.6. The Morgan fingerprint density at radius 2 is 1.77 bits per heavy atom. The van der Waals surface area contributed by atoms with E-state index < -0.39 is 6.36 Å². The molecule has 5 rings (SSSR count). The second-order valence-corrected chi connectivity index (χ2v) is 8.31. The van der Waals surface area contributed by atoms with Crippen LogP contribution in [0.5, 0.6) is 5.75 Å². The molecular weight excluding hydrogens is 457 g/mol. The molecule has 0 saturated carbocycles. The lowest BCUT2D eigenvalue weighted by Gasteiger charge is -2.39. The van der Waals surface area contributed by atoms with Crippen LogP contribution in [0.4, 0.5) is 13.2 Å². The standard InChI is InChI=1S/C26H21F3N4O2/c1-16-11-12-18(17-7-3-2-4-8-17)20(15-16)25(34)33-14-13-21(33)24-30-23(31-32-24)19-9-5-6-10-22(19)35-26(27,28)29/h2-12,15,21H,13-14H2,1H3,(H,30,31,32). The van der Waals surface area contributed by atoms with Gasteiger partial charge >= 0.3 is 6.36 Å². The predicted molar refractivity (Wildman–Crippen MR) is 124 cm³/mol. The molecule has 1 amide bonds. The summed E-state index contributed by atoms with van der Waals surface area (Å²) in [5, 5.41) is 6.90. The highest BCUT2D eigenvalue weighted by Gasteiger charge is 2.38. The summed E-state index contributed by atoms with van der Waals surface area (Å²) in [6.07, 6.45) is -4.18. The van der Waals surface area contributed by atoms with Gasteiger partial charge in [-0.3, -0.25) is 9.89 Å². The summed E-state index contributed by atoms with van der Waals surface area (Å²) in [5.74, 6) is -0.0445. The van der Waals surface area contributed by atoms with Crippen LogP contribution < -0.4 is 4.74 Å². The van der Waals surface area contributed by atoms with E-state index in [1.807, 2.05) is 55.5 Å². The van der Waals surface area contributed by atoms with Gasteiger partial charge in [0.05, 0.1) is 11.6 Å². The summed E-state index contributed by atoms with van der Waals surface area (Å²) in [4.78, 5) is 19.7. The maximum absolute atomic E-state index is 13.6. The predicted octanol–water partition coefficient (Wildman–Crippen LogP) is 5.93. The third-order valence-electron chi connectivity index (χ3n) is 5.94. The minimum absolute atomic E-state index is 0.0691. The zero-order valence-electron chi connectivity index (χ0n) is 18.7. The number of nitrogens with one attached hydrogen (secondary N) is 1. The first kappa shape index (κ1) is 22.6. The number of para-hydroxylation sites is 1. The molecule has 0 spiro atoms. The van der Waals surface area contributed by atoms with Crippen molar-refractivity contribution in [2.45, 2.75) is 25.7 Å². The van der Waals surface area contributed by atoms with Gasteiger partial charge in [-0.25, -0.2) is 4.98 Å². The Kier molecular flexibility index (Phi) is 5.76. The molecule has 1 fully saturated rings. The Balaban J connectivity index is 1.42. The Morgan fingerprint density at radius 3 is 2.49 bits per heavy atom. The van der Waals surface area contributed by atoms with Gasteiger partial charge in [0.1, 0.15) is 11.6 Å². The fourth-order valence-electron chi connectivity index (χ4n) is 4.18. The molecule has 0 bridgehead atoms. The number of likely N-dealkylation sites (tertiary alicyclic amines) is 1. The number of nitrogens with zero attached hydrogens (tertiary/aromatic N) is 3. The van der Waals surface area contributed by atoms with E-state index in [-0.39, 0.29) is 29.1 Å². The average Bonchev–Trinajstić information content (AvgIpc) is 3.27. The Hall–Kier alpha value is -4.14. The molecule has 9 heteroatoms. The quantitative estimate of drug-likeness (QED) is 0.386. The number of alkyl halides is 3. The third kappa shape index (κ3) is 4.62. The van der Waals surface area contributed by atoms with Crippen molar-refractivity contribution < 1.29 is 22.7 Å². The van der Waals surface area contributed by atoms with Crippen LogP contribution >= 0.6 is 0 Å². The van der Waals surface area contributed by atoms with Crippen LogP contribution in [-0.4, -0.2) is 38.9 Å². The van der Waals surface area contributed by atoms with E-state index in [1.165, 1.54) is 18.2 Å². The molecule has 1 aliphatic heterocycles. The van der Waals surface area contributed by atoms with Gasteiger partial charge in [0.15, 0.2) is 5.82 Å². The summed E-state index contributed by atoms with van der Waals surface area (Å²) in [6, 6.07) is 20.8. The largest absolute Gasteiger partial charge is 0.573 e. The van der Waals surface area contributed by atoms with Crippen molar-refractivity contribution in [3.8, 4) is 28.3 Å². The number of ether oxygens (including phenoxy) is 1. The Morgan fingerprint density at radius 1 is 1.03 bits per heavy atom. The summed E-state index contributed by atoms with van der Waals surface area (Å²) >= 11 is 0. The van der Waals surface area contributed by atoms with E-state index in [9.17, 15) is 18.0 Å². The Labute approximate surface area is 199 Å². The molecule has 1 unspecified atom stereocenters. The first-order valence-electron chi connectivity index (χ1n) is 11.0. The number of benzene rings is 3. The van der Waals surface area contributed by atoms with Crippen molar-refractivity contribution in [2.75, 3.05) is 6.54 Å². The number of amides is 1. The first-order chi connectivity index (χ1) is 16.8. The number of H-pyrrole nitrogens is 1. The highest BCUT2D eigenvalue weighted by molar-refractivity contribution is 6.01. The second-order valence-electron chi connectivity index (χ2n) is 8.31. The molecule has 0 aliphatic carbocycles. The zero-order valence-corrected chi connectivity index (χ0v) is 18.7. The van der Waals surface area contributed by atoms with Crippen molar-refractivity contribution in [3.63, 3.8) is 0 Å². The van der Waals surface area contributed by atoms with E-state index in [1.54, 1.807) is 11.0 Å². The summed E-state index contributed by atoms with van der Waals surface area (Å²) < 4.78 is 42.5. The van der Waals surface area contributed by atoms with Gasteiger partial charge in [-0.05, 0) is 42.7 Å². The molecule has 1 N–H and O–H groups in total. The van der Waals surface area contributed by atoms with Crippen molar-refractivity contribution in [1.29, 1.82) is 0 Å². The molecule has 35 heavy (non-hydrogen) atoms. The van der Waals surface area contributed by atoms with Crippen molar-refractivity contribution in [3.05, 3.63) is 89.7 Å². The lowest BCUT2D eigenvalue weighted by Crippen LogP contribution is -2.45. The number of aromatic nitrogens is 3. The topological polar surface area (TPSA) is 71.1 Å². The lowest BCUT2D eigenvalue weighted by atomic mass is 9.94. The van der Waals surface area contributed by atoms with Gasteiger partial charge in [-0.2, -0.15) is 5.10 Å². The third-order valence-corrected chi connectivity index (χ3v) is 5.94. The van der Waals surface area contributed by atoms with Crippen molar-refractivity contribution in [1.82, 2.24) is 20.1 Å². The monoisotopic (exact) mass is 478 g/mol. The molecule has 2 heterocycles. The molecule has 6 nitrogen and oxygen atoms in total. The molecule has 1 atom stereocenters. The average molecular weight is 478 g/mol. The van der Waals surface area contributed by atoms with E-state index in [0.29, 0.717) is 24.4 Å². The molecule has 178 valence electrons. The fraction of sp³-hybridized carbons (Fsp3) is 0.192. The molecule has 1 aliphatic rings. The van der Waals surface area contributed by atoms with Crippen LogP contribution in [0.2, 0.25) is 0 Å². The van der Waals surface area contributed by atoms with Crippen LogP contribution in [0, 0.1) is 6.92 Å². The minimum atomic E-state index is -4.84. The van der Waals surface area contributed by atoms with Crippen LogP contribution in [0.15, 0.2) is 72.8 Å². The highest BCUT2D eigenvalue weighted by Crippen LogP contribution is 2.37. The normalized spacial score (nSPS) is 15.5. The molecule has 0 radical (unpaired) electrons. The van der Waals surface area contributed by atoms with E-state index in [2.05, 4.69) is 19.9 Å². The Bertz CT molecular complexity index is 1370. The van der Waals surface area contributed by atoms with Crippen LogP contribution in [0.25, 0.3) is 22.5 Å². The van der Waals surface area contributed by atoms with Gasteiger partial charge in [-0.1, -0.05) is 60.2 Å². The van der Waals surface area contributed by atoms with E-state index in [4.69, 9.17) is 0 Å². The number of carbonyl (C=O) groups excluding carboxylic acids is 1. The molecule has 3 aromatic carbocycles. The lowest BCUT2D eigenvalue weighted by molar-refractivity contribution is -0.274. The van der Waals surface area contributed by atoms with Gasteiger partial charge < -0.3 is 9.64 Å². The smallest absolute Gasteiger partial charge is 0.405 e. The number of halogens is 3.